The Kier molecular flexibility index (Phi) is 5.35. The molecule has 3 heterocycles. The summed E-state index contributed by atoms with van der Waals surface area (Å²) in [5, 5.41) is 1.47. The predicted molar refractivity (Wildman–Crippen MR) is 121 cm³/mol. The number of pyridine rings is 3. The highest BCUT2D eigenvalue weighted by atomic mass is 35.5. The lowest BCUT2D eigenvalue weighted by molar-refractivity contribution is 0.0632. The van der Waals surface area contributed by atoms with Crippen LogP contribution in [0.1, 0.15) is 46.1 Å². The smallest absolute Gasteiger partial charge is 0.256 e. The largest absolute Gasteiger partial charge is 0.326 e. The molecule has 154 valence electrons. The molecule has 0 saturated carbocycles. The zero-order chi connectivity index (χ0) is 21.2. The number of amides is 1. The maximum absolute atomic E-state index is 13.6. The molecule has 1 atom stereocenters. The van der Waals surface area contributed by atoms with Crippen LogP contribution >= 0.6 is 11.6 Å². The van der Waals surface area contributed by atoms with Crippen molar-refractivity contribution in [1.82, 2.24) is 19.9 Å². The quantitative estimate of drug-likeness (QED) is 0.408. The van der Waals surface area contributed by atoms with E-state index in [9.17, 15) is 4.79 Å². The van der Waals surface area contributed by atoms with Gasteiger partial charge in [-0.25, -0.2) is 4.98 Å². The Morgan fingerprint density at radius 3 is 2.84 bits per heavy atom. The number of rotatable bonds is 4. The second kappa shape index (κ2) is 8.44. The molecule has 0 bridgehead atoms. The predicted octanol–water partition coefficient (Wildman–Crippen LogP) is 5.40. The lowest BCUT2D eigenvalue weighted by atomic mass is 9.90. The van der Waals surface area contributed by atoms with Gasteiger partial charge in [0.2, 0.25) is 0 Å². The van der Waals surface area contributed by atoms with Crippen molar-refractivity contribution in [3.05, 3.63) is 101 Å². The van der Waals surface area contributed by atoms with Crippen molar-refractivity contribution in [2.24, 2.45) is 0 Å². The second-order valence-electron chi connectivity index (χ2n) is 7.79. The molecule has 5 rings (SSSR count). The molecule has 1 unspecified atom stereocenters. The van der Waals surface area contributed by atoms with Crippen molar-refractivity contribution >= 4 is 28.4 Å². The molecule has 0 radical (unpaired) electrons. The number of fused-ring (bicyclic) bond motifs is 2. The molecule has 0 saturated heterocycles. The zero-order valence-corrected chi connectivity index (χ0v) is 17.7. The maximum atomic E-state index is 13.6. The minimum Gasteiger partial charge on any atom is -0.326 e. The molecule has 3 aromatic heterocycles. The van der Waals surface area contributed by atoms with Crippen molar-refractivity contribution in [2.75, 3.05) is 0 Å². The highest BCUT2D eigenvalue weighted by molar-refractivity contribution is 6.29. The first-order valence-corrected chi connectivity index (χ1v) is 10.8. The summed E-state index contributed by atoms with van der Waals surface area (Å²) in [6.07, 6.45) is 8.01. The van der Waals surface area contributed by atoms with E-state index in [2.05, 4.69) is 21.0 Å². The van der Waals surface area contributed by atoms with Crippen LogP contribution in [0.25, 0.3) is 10.9 Å². The molecule has 0 spiro atoms. The van der Waals surface area contributed by atoms with Crippen molar-refractivity contribution in [3.8, 4) is 0 Å². The highest BCUT2D eigenvalue weighted by Gasteiger charge is 2.31. The number of benzene rings is 1. The summed E-state index contributed by atoms with van der Waals surface area (Å²) in [5.74, 6) is -0.0456. The summed E-state index contributed by atoms with van der Waals surface area (Å²) in [6.45, 7) is 0.457. The van der Waals surface area contributed by atoms with Crippen LogP contribution < -0.4 is 0 Å². The molecule has 0 N–H and O–H groups in total. The van der Waals surface area contributed by atoms with E-state index in [1.165, 1.54) is 5.56 Å². The third-order valence-electron chi connectivity index (χ3n) is 5.79. The van der Waals surface area contributed by atoms with Crippen LogP contribution in [0.2, 0.25) is 5.15 Å². The molecule has 6 heteroatoms. The standard InChI is InChI=1S/C25H21ClN4O/c26-23-11-10-18-9-8-17(14-21(18)29-23)16-30(25(31)20-6-2-12-27-15-20)22-7-1-4-19-5-3-13-28-24(19)22/h2-3,5-6,8-15,22H,1,4,7,16H2. The molecule has 0 fully saturated rings. The molecule has 1 aliphatic rings. The number of aryl methyl sites for hydroxylation is 1. The van der Waals surface area contributed by atoms with Crippen LogP contribution in [-0.4, -0.2) is 25.8 Å². The molecule has 1 amide bonds. The minimum atomic E-state index is -0.0827. The van der Waals surface area contributed by atoms with Gasteiger partial charge in [-0.05, 0) is 66.8 Å². The molecule has 1 aromatic carbocycles. The number of hydrogen-bond acceptors (Lipinski definition) is 4. The van der Waals surface area contributed by atoms with E-state index < -0.39 is 0 Å². The third kappa shape index (κ3) is 4.01. The summed E-state index contributed by atoms with van der Waals surface area (Å²) < 4.78 is 0. The number of nitrogens with zero attached hydrogens (tertiary/aromatic N) is 4. The topological polar surface area (TPSA) is 59.0 Å². The SMILES string of the molecule is O=C(c1cccnc1)N(Cc1ccc2ccc(Cl)nc2c1)C1CCCc2cccnc21. The Balaban J connectivity index is 1.55. The van der Waals surface area contributed by atoms with E-state index in [-0.39, 0.29) is 11.9 Å². The summed E-state index contributed by atoms with van der Waals surface area (Å²) in [6, 6.07) is 17.4. The molecule has 4 aromatic rings. The van der Waals surface area contributed by atoms with Gasteiger partial charge in [0, 0.05) is 30.5 Å². The monoisotopic (exact) mass is 428 g/mol. The van der Waals surface area contributed by atoms with E-state index in [0.717, 1.165) is 41.4 Å². The lowest BCUT2D eigenvalue weighted by Gasteiger charge is -2.35. The van der Waals surface area contributed by atoms with Crippen LogP contribution in [0.15, 0.2) is 73.2 Å². The molecule has 5 nitrogen and oxygen atoms in total. The first kappa shape index (κ1) is 19.6. The number of aromatic nitrogens is 3. The van der Waals surface area contributed by atoms with Gasteiger partial charge in [0.1, 0.15) is 5.15 Å². The van der Waals surface area contributed by atoms with E-state index in [0.29, 0.717) is 17.3 Å². The van der Waals surface area contributed by atoms with Gasteiger partial charge in [-0.15, -0.1) is 0 Å². The van der Waals surface area contributed by atoms with E-state index in [4.69, 9.17) is 11.6 Å². The average Bonchev–Trinajstić information content (AvgIpc) is 2.82. The number of carbonyl (C=O) groups is 1. The van der Waals surface area contributed by atoms with Crippen LogP contribution in [0.3, 0.4) is 0 Å². The fourth-order valence-corrected chi connectivity index (χ4v) is 4.45. The molecule has 1 aliphatic carbocycles. The van der Waals surface area contributed by atoms with Crippen molar-refractivity contribution in [2.45, 2.75) is 31.8 Å². The molecular weight excluding hydrogens is 408 g/mol. The number of halogens is 1. The zero-order valence-electron chi connectivity index (χ0n) is 16.9. The van der Waals surface area contributed by atoms with Gasteiger partial charge in [0.25, 0.3) is 5.91 Å². The van der Waals surface area contributed by atoms with Crippen molar-refractivity contribution in [3.63, 3.8) is 0 Å². The molecule has 0 aliphatic heterocycles. The Morgan fingerprint density at radius 1 is 1.10 bits per heavy atom. The summed E-state index contributed by atoms with van der Waals surface area (Å²) >= 11 is 6.09. The van der Waals surface area contributed by atoms with Crippen molar-refractivity contribution in [1.29, 1.82) is 0 Å². The summed E-state index contributed by atoms with van der Waals surface area (Å²) in [4.78, 5) is 28.8. The highest BCUT2D eigenvalue weighted by Crippen LogP contribution is 2.35. The van der Waals surface area contributed by atoms with Gasteiger partial charge >= 0.3 is 0 Å². The van der Waals surface area contributed by atoms with E-state index in [1.54, 1.807) is 24.5 Å². The van der Waals surface area contributed by atoms with Crippen LogP contribution in [0.4, 0.5) is 0 Å². The summed E-state index contributed by atoms with van der Waals surface area (Å²) in [7, 11) is 0. The van der Waals surface area contributed by atoms with E-state index in [1.807, 2.05) is 47.5 Å². The minimum absolute atomic E-state index is 0.0456. The van der Waals surface area contributed by atoms with Gasteiger partial charge in [-0.1, -0.05) is 29.8 Å². The maximum Gasteiger partial charge on any atom is 0.256 e. The Labute approximate surface area is 185 Å². The first-order valence-electron chi connectivity index (χ1n) is 10.4. The summed E-state index contributed by atoms with van der Waals surface area (Å²) in [5.41, 5.74) is 4.61. The first-order chi connectivity index (χ1) is 15.2. The van der Waals surface area contributed by atoms with Crippen LogP contribution in [-0.2, 0) is 13.0 Å². The van der Waals surface area contributed by atoms with Gasteiger partial charge < -0.3 is 4.90 Å². The number of carbonyl (C=O) groups excluding carboxylic acids is 1. The fourth-order valence-electron chi connectivity index (χ4n) is 4.30. The van der Waals surface area contributed by atoms with Gasteiger partial charge in [0.15, 0.2) is 0 Å². The number of hydrogen-bond donors (Lipinski definition) is 0. The lowest BCUT2D eigenvalue weighted by Crippen LogP contribution is -2.36. The molecular formula is C25H21ClN4O. The van der Waals surface area contributed by atoms with E-state index >= 15 is 0 Å². The third-order valence-corrected chi connectivity index (χ3v) is 6.00. The average molecular weight is 429 g/mol. The van der Waals surface area contributed by atoms with Crippen LogP contribution in [0, 0.1) is 0 Å². The normalized spacial score (nSPS) is 15.5. The van der Waals surface area contributed by atoms with Gasteiger partial charge in [-0.3, -0.25) is 14.8 Å². The van der Waals surface area contributed by atoms with Gasteiger partial charge in [0.05, 0.1) is 22.8 Å². The Hall–Kier alpha value is -3.31. The van der Waals surface area contributed by atoms with Gasteiger partial charge in [-0.2, -0.15) is 0 Å². The van der Waals surface area contributed by atoms with Crippen molar-refractivity contribution < 1.29 is 4.79 Å². The Morgan fingerprint density at radius 2 is 1.97 bits per heavy atom. The van der Waals surface area contributed by atoms with Crippen LogP contribution in [0.5, 0.6) is 0 Å². The fraction of sp³-hybridized carbons (Fsp3) is 0.200. The Bertz CT molecular complexity index is 1240. The molecule has 31 heavy (non-hydrogen) atoms. The second-order valence-corrected chi connectivity index (χ2v) is 8.18.